The van der Waals surface area contributed by atoms with Gasteiger partial charge < -0.3 is 9.64 Å². The number of hydrogen-bond donors (Lipinski definition) is 0. The highest BCUT2D eigenvalue weighted by Crippen LogP contribution is 1.96. The molecule has 0 saturated heterocycles. The van der Waals surface area contributed by atoms with Crippen molar-refractivity contribution in [1.82, 2.24) is 4.90 Å². The molecule has 0 atom stereocenters. The van der Waals surface area contributed by atoms with E-state index < -0.39 is 5.97 Å². The van der Waals surface area contributed by atoms with Gasteiger partial charge in [0.2, 0.25) is 5.91 Å². The Morgan fingerprint density at radius 2 is 1.87 bits per heavy atom. The second kappa shape index (κ2) is 6.98. The van der Waals surface area contributed by atoms with Crippen LogP contribution in [0.5, 0.6) is 0 Å². The van der Waals surface area contributed by atoms with E-state index >= 15 is 0 Å². The molecule has 5 nitrogen and oxygen atoms in total. The Morgan fingerprint density at radius 1 is 1.27 bits per heavy atom. The first-order valence-electron chi connectivity index (χ1n) is 4.86. The summed E-state index contributed by atoms with van der Waals surface area (Å²) in [4.78, 5) is 34.4. The van der Waals surface area contributed by atoms with Crippen LogP contribution in [0, 0.1) is 0 Å². The Bertz CT molecular complexity index is 250. The van der Waals surface area contributed by atoms with E-state index in [1.54, 1.807) is 14.0 Å². The van der Waals surface area contributed by atoms with Crippen molar-refractivity contribution in [2.24, 2.45) is 0 Å². The molecule has 0 heterocycles. The number of ketones is 1. The van der Waals surface area contributed by atoms with Gasteiger partial charge in [0.15, 0.2) is 0 Å². The number of carbonyl (C=O) groups is 3. The molecule has 0 saturated carbocycles. The van der Waals surface area contributed by atoms with Gasteiger partial charge in [-0.05, 0) is 6.92 Å². The summed E-state index contributed by atoms with van der Waals surface area (Å²) in [5, 5.41) is 0. The zero-order chi connectivity index (χ0) is 11.8. The molecular formula is C10H17NO4. The molecule has 0 aromatic rings. The first-order chi connectivity index (χ1) is 6.97. The average molecular weight is 215 g/mol. The van der Waals surface area contributed by atoms with E-state index in [2.05, 4.69) is 4.74 Å². The number of nitrogens with zero attached hydrogens (tertiary/aromatic N) is 1. The second-order valence-corrected chi connectivity index (χ2v) is 3.21. The van der Waals surface area contributed by atoms with Crippen LogP contribution >= 0.6 is 0 Å². The number of carbonyl (C=O) groups excluding carboxylic acids is 3. The number of ether oxygens (including phenoxy) is 1. The molecule has 0 aliphatic rings. The van der Waals surface area contributed by atoms with Crippen LogP contribution in [0.1, 0.15) is 26.7 Å². The maximum absolute atomic E-state index is 11.2. The molecule has 0 bridgehead atoms. The van der Waals surface area contributed by atoms with Gasteiger partial charge in [-0.15, -0.1) is 0 Å². The van der Waals surface area contributed by atoms with Crippen LogP contribution < -0.4 is 0 Å². The predicted molar refractivity (Wildman–Crippen MR) is 54.2 cm³/mol. The Balaban J connectivity index is 3.75. The molecule has 0 rings (SSSR count). The van der Waals surface area contributed by atoms with Gasteiger partial charge in [-0.25, -0.2) is 0 Å². The van der Waals surface area contributed by atoms with E-state index in [9.17, 15) is 14.4 Å². The highest BCUT2D eigenvalue weighted by Gasteiger charge is 2.11. The SMILES string of the molecule is CCOC(=O)CC(=O)CCN(C)C(C)=O. The quantitative estimate of drug-likeness (QED) is 0.474. The summed E-state index contributed by atoms with van der Waals surface area (Å²) < 4.78 is 4.63. The van der Waals surface area contributed by atoms with Crippen molar-refractivity contribution in [1.29, 1.82) is 0 Å². The second-order valence-electron chi connectivity index (χ2n) is 3.21. The van der Waals surface area contributed by atoms with Crippen molar-refractivity contribution in [2.45, 2.75) is 26.7 Å². The normalized spacial score (nSPS) is 9.53. The summed E-state index contributed by atoms with van der Waals surface area (Å²) in [6, 6.07) is 0. The third-order valence-corrected chi connectivity index (χ3v) is 1.91. The van der Waals surface area contributed by atoms with Crippen LogP contribution in [-0.4, -0.2) is 42.8 Å². The minimum atomic E-state index is -0.507. The highest BCUT2D eigenvalue weighted by atomic mass is 16.5. The van der Waals surface area contributed by atoms with E-state index in [1.807, 2.05) is 0 Å². The van der Waals surface area contributed by atoms with Crippen LogP contribution in [0.4, 0.5) is 0 Å². The van der Waals surface area contributed by atoms with Crippen LogP contribution in [0.25, 0.3) is 0 Å². The lowest BCUT2D eigenvalue weighted by Crippen LogP contribution is -2.27. The largest absolute Gasteiger partial charge is 0.466 e. The minimum absolute atomic E-state index is 0.0982. The molecule has 0 N–H and O–H groups in total. The summed E-state index contributed by atoms with van der Waals surface area (Å²) in [5.41, 5.74) is 0. The minimum Gasteiger partial charge on any atom is -0.466 e. The molecule has 0 aromatic carbocycles. The van der Waals surface area contributed by atoms with Crippen molar-refractivity contribution < 1.29 is 19.1 Å². The van der Waals surface area contributed by atoms with Crippen LogP contribution in [0.15, 0.2) is 0 Å². The Labute approximate surface area is 89.4 Å². The number of rotatable bonds is 6. The van der Waals surface area contributed by atoms with E-state index in [4.69, 9.17) is 0 Å². The molecule has 86 valence electrons. The maximum atomic E-state index is 11.2. The van der Waals surface area contributed by atoms with Crippen LogP contribution in [0.3, 0.4) is 0 Å². The molecule has 0 aliphatic heterocycles. The molecule has 0 unspecified atom stereocenters. The van der Waals surface area contributed by atoms with Gasteiger partial charge in [-0.3, -0.25) is 14.4 Å². The topological polar surface area (TPSA) is 63.7 Å². The van der Waals surface area contributed by atoms with Crippen LogP contribution in [0.2, 0.25) is 0 Å². The van der Waals surface area contributed by atoms with Gasteiger partial charge in [0.05, 0.1) is 6.61 Å². The molecule has 0 fully saturated rings. The molecule has 15 heavy (non-hydrogen) atoms. The number of amides is 1. The van der Waals surface area contributed by atoms with Gasteiger partial charge in [-0.2, -0.15) is 0 Å². The first kappa shape index (κ1) is 13.6. The number of esters is 1. The lowest BCUT2D eigenvalue weighted by Gasteiger charge is -2.13. The lowest BCUT2D eigenvalue weighted by molar-refractivity contribution is -0.145. The fraction of sp³-hybridized carbons (Fsp3) is 0.700. The van der Waals surface area contributed by atoms with Gasteiger partial charge >= 0.3 is 5.97 Å². The van der Waals surface area contributed by atoms with E-state index in [0.717, 1.165) is 0 Å². The molecule has 0 aromatic heterocycles. The summed E-state index contributed by atoms with van der Waals surface area (Å²) in [6.45, 7) is 3.73. The summed E-state index contributed by atoms with van der Waals surface area (Å²) in [5.74, 6) is -0.812. The Hall–Kier alpha value is -1.39. The third kappa shape index (κ3) is 6.65. The fourth-order valence-electron chi connectivity index (χ4n) is 0.911. The number of Topliss-reactive ketones (excluding diaryl/α,β-unsaturated/α-hetero) is 1. The maximum Gasteiger partial charge on any atom is 0.313 e. The van der Waals surface area contributed by atoms with Crippen LogP contribution in [-0.2, 0) is 19.1 Å². The van der Waals surface area contributed by atoms with Gasteiger partial charge in [0.25, 0.3) is 0 Å². The molecule has 1 amide bonds. The third-order valence-electron chi connectivity index (χ3n) is 1.91. The van der Waals surface area contributed by atoms with Crippen molar-refractivity contribution in [3.8, 4) is 0 Å². The lowest BCUT2D eigenvalue weighted by atomic mass is 10.2. The van der Waals surface area contributed by atoms with Gasteiger partial charge in [0, 0.05) is 26.9 Å². The first-order valence-corrected chi connectivity index (χ1v) is 4.86. The fourth-order valence-corrected chi connectivity index (χ4v) is 0.911. The van der Waals surface area contributed by atoms with Crippen molar-refractivity contribution in [3.05, 3.63) is 0 Å². The molecule has 0 radical (unpaired) electrons. The van der Waals surface area contributed by atoms with Gasteiger partial charge in [0.1, 0.15) is 12.2 Å². The van der Waals surface area contributed by atoms with Crippen molar-refractivity contribution >= 4 is 17.7 Å². The zero-order valence-corrected chi connectivity index (χ0v) is 9.41. The Kier molecular flexibility index (Phi) is 6.33. The molecule has 0 spiro atoms. The summed E-state index contributed by atoms with van der Waals surface area (Å²) >= 11 is 0. The summed E-state index contributed by atoms with van der Waals surface area (Å²) in [7, 11) is 1.61. The van der Waals surface area contributed by atoms with Gasteiger partial charge in [-0.1, -0.05) is 0 Å². The smallest absolute Gasteiger partial charge is 0.313 e. The standard InChI is InChI=1S/C10H17NO4/c1-4-15-10(14)7-9(13)5-6-11(3)8(2)12/h4-7H2,1-3H3. The molecule has 0 aliphatic carbocycles. The van der Waals surface area contributed by atoms with E-state index in [0.29, 0.717) is 6.54 Å². The monoisotopic (exact) mass is 215 g/mol. The summed E-state index contributed by atoms with van der Waals surface area (Å²) in [6.07, 6.45) is -0.0194. The number of hydrogen-bond acceptors (Lipinski definition) is 4. The predicted octanol–water partition coefficient (Wildman–Crippen LogP) is 0.377. The van der Waals surface area contributed by atoms with Crippen molar-refractivity contribution in [2.75, 3.05) is 20.2 Å². The Morgan fingerprint density at radius 3 is 2.33 bits per heavy atom. The van der Waals surface area contributed by atoms with Crippen molar-refractivity contribution in [3.63, 3.8) is 0 Å². The van der Waals surface area contributed by atoms with E-state index in [-0.39, 0.29) is 31.1 Å². The average Bonchev–Trinajstić information content (AvgIpc) is 2.14. The zero-order valence-electron chi connectivity index (χ0n) is 9.41. The van der Waals surface area contributed by atoms with E-state index in [1.165, 1.54) is 11.8 Å². The molecule has 5 heteroatoms. The highest BCUT2D eigenvalue weighted by molar-refractivity contribution is 5.95. The molecular weight excluding hydrogens is 198 g/mol.